The van der Waals surface area contributed by atoms with Crippen molar-refractivity contribution in [2.24, 2.45) is 0 Å². The zero-order valence-corrected chi connectivity index (χ0v) is 23.8. The number of rotatable bonds is 7. The Morgan fingerprint density at radius 3 is 2.36 bits per heavy atom. The number of nitrogens with zero attached hydrogens (tertiary/aromatic N) is 4. The molecule has 2 heterocycles. The smallest absolute Gasteiger partial charge is 0.416 e. The molecule has 39 heavy (non-hydrogen) atoms. The highest BCUT2D eigenvalue weighted by Crippen LogP contribution is 2.28. The van der Waals surface area contributed by atoms with Gasteiger partial charge in [-0.1, -0.05) is 18.2 Å². The maximum atomic E-state index is 14.6. The van der Waals surface area contributed by atoms with Crippen LogP contribution in [0.3, 0.4) is 0 Å². The largest absolute Gasteiger partial charge is 0.444 e. The lowest BCUT2D eigenvalue weighted by Gasteiger charge is -2.27. The van der Waals surface area contributed by atoms with Gasteiger partial charge in [0.15, 0.2) is 5.82 Å². The van der Waals surface area contributed by atoms with Crippen molar-refractivity contribution in [3.63, 3.8) is 0 Å². The molecule has 0 radical (unpaired) electrons. The van der Waals surface area contributed by atoms with Crippen LogP contribution < -0.4 is 10.2 Å². The first-order chi connectivity index (χ1) is 18.0. The molecule has 2 atom stereocenters. The van der Waals surface area contributed by atoms with Crippen molar-refractivity contribution in [3.8, 4) is 0 Å². The Labute approximate surface area is 231 Å². The van der Waals surface area contributed by atoms with Gasteiger partial charge in [-0.25, -0.2) is 22.9 Å². The van der Waals surface area contributed by atoms with Crippen molar-refractivity contribution in [2.75, 3.05) is 4.90 Å². The van der Waals surface area contributed by atoms with Gasteiger partial charge >= 0.3 is 12.2 Å². The standard InChI is InChI=1S/C27H34ClF2N5O4/c1-16(29)20(31-24(36)38-26(2,3)4)12-17-13-21-22(32-23(28)33-35(21)14-17)34(25(37)39-27(5,6)7)15-18-10-8-9-11-19(18)30/h8-11,13-14,16,20H,12,15H2,1-7H3,(H,31,36)/t16-,20+/m0/s1. The van der Waals surface area contributed by atoms with Crippen LogP contribution >= 0.6 is 11.6 Å². The van der Waals surface area contributed by atoms with E-state index < -0.39 is 41.4 Å². The maximum absolute atomic E-state index is 14.6. The van der Waals surface area contributed by atoms with Gasteiger partial charge in [0, 0.05) is 11.8 Å². The maximum Gasteiger partial charge on any atom is 0.416 e. The molecule has 0 saturated carbocycles. The normalized spacial score (nSPS) is 13.6. The van der Waals surface area contributed by atoms with E-state index >= 15 is 0 Å². The first kappa shape index (κ1) is 30.1. The number of aromatic nitrogens is 3. The molecule has 2 amide bonds. The Morgan fingerprint density at radius 2 is 1.77 bits per heavy atom. The second kappa shape index (κ2) is 11.7. The van der Waals surface area contributed by atoms with Crippen LogP contribution in [0.25, 0.3) is 5.52 Å². The summed E-state index contributed by atoms with van der Waals surface area (Å²) in [6, 6.07) is 6.77. The summed E-state index contributed by atoms with van der Waals surface area (Å²) in [4.78, 5) is 31.0. The van der Waals surface area contributed by atoms with Crippen molar-refractivity contribution < 1.29 is 27.8 Å². The molecule has 0 unspecified atom stereocenters. The van der Waals surface area contributed by atoms with Crippen LogP contribution in [0.2, 0.25) is 5.28 Å². The number of ether oxygens (including phenoxy) is 2. The van der Waals surface area contributed by atoms with Gasteiger partial charge in [0.1, 0.15) is 28.7 Å². The highest BCUT2D eigenvalue weighted by molar-refractivity contribution is 6.28. The molecule has 0 saturated heterocycles. The van der Waals surface area contributed by atoms with Crippen LogP contribution in [0, 0.1) is 5.82 Å². The van der Waals surface area contributed by atoms with Gasteiger partial charge in [-0.2, -0.15) is 4.98 Å². The number of hydrogen-bond acceptors (Lipinski definition) is 6. The van der Waals surface area contributed by atoms with Crippen LogP contribution in [0.1, 0.15) is 59.6 Å². The van der Waals surface area contributed by atoms with Crippen molar-refractivity contribution in [3.05, 3.63) is 58.8 Å². The minimum absolute atomic E-state index is 0.0729. The van der Waals surface area contributed by atoms with Crippen LogP contribution in [-0.2, 0) is 22.4 Å². The third kappa shape index (κ3) is 8.51. The minimum Gasteiger partial charge on any atom is -0.444 e. The topological polar surface area (TPSA) is 98.1 Å². The van der Waals surface area contributed by atoms with Gasteiger partial charge in [-0.3, -0.25) is 4.90 Å². The highest BCUT2D eigenvalue weighted by atomic mass is 35.5. The molecule has 212 valence electrons. The lowest BCUT2D eigenvalue weighted by molar-refractivity contribution is 0.0476. The van der Waals surface area contributed by atoms with Crippen molar-refractivity contribution >= 4 is 35.1 Å². The molecule has 0 aliphatic heterocycles. The summed E-state index contributed by atoms with van der Waals surface area (Å²) in [7, 11) is 0. The fourth-order valence-corrected chi connectivity index (χ4v) is 3.86. The van der Waals surface area contributed by atoms with Crippen LogP contribution in [-0.4, -0.2) is 50.2 Å². The van der Waals surface area contributed by atoms with E-state index in [9.17, 15) is 18.4 Å². The van der Waals surface area contributed by atoms with E-state index in [2.05, 4.69) is 15.4 Å². The van der Waals surface area contributed by atoms with Crippen molar-refractivity contribution in [2.45, 2.75) is 84.8 Å². The van der Waals surface area contributed by atoms with E-state index in [4.69, 9.17) is 21.1 Å². The molecule has 0 aliphatic carbocycles. The number of nitrogens with one attached hydrogen (secondary N) is 1. The third-order valence-electron chi connectivity index (χ3n) is 5.34. The quantitative estimate of drug-likeness (QED) is 0.363. The predicted molar refractivity (Wildman–Crippen MR) is 144 cm³/mol. The molecule has 12 heteroatoms. The summed E-state index contributed by atoms with van der Waals surface area (Å²) in [5.74, 6) is -0.435. The monoisotopic (exact) mass is 565 g/mol. The lowest BCUT2D eigenvalue weighted by Crippen LogP contribution is -2.44. The van der Waals surface area contributed by atoms with Crippen LogP contribution in [0.5, 0.6) is 0 Å². The van der Waals surface area contributed by atoms with E-state index in [1.54, 1.807) is 72.0 Å². The minimum atomic E-state index is -1.41. The lowest BCUT2D eigenvalue weighted by atomic mass is 10.1. The van der Waals surface area contributed by atoms with Gasteiger partial charge in [-0.15, -0.1) is 5.10 Å². The SMILES string of the molecule is C[C@H](F)[C@@H](Cc1cc2c(N(Cc3ccccc3F)C(=O)OC(C)(C)C)nc(Cl)nn2c1)NC(=O)OC(C)(C)C. The van der Waals surface area contributed by atoms with E-state index in [0.717, 1.165) is 0 Å². The predicted octanol–water partition coefficient (Wildman–Crippen LogP) is 6.26. The molecule has 9 nitrogen and oxygen atoms in total. The summed E-state index contributed by atoms with van der Waals surface area (Å²) < 4.78 is 41.3. The van der Waals surface area contributed by atoms with Gasteiger partial charge < -0.3 is 14.8 Å². The molecule has 0 bridgehead atoms. The molecule has 3 rings (SSSR count). The Hall–Kier alpha value is -3.47. The number of carbonyl (C=O) groups is 2. The molecule has 1 aromatic carbocycles. The van der Waals surface area contributed by atoms with E-state index in [1.165, 1.54) is 22.4 Å². The van der Waals surface area contributed by atoms with Gasteiger partial charge in [0.25, 0.3) is 0 Å². The average Bonchev–Trinajstić information content (AvgIpc) is 3.17. The molecular formula is C27H34ClF2N5O4. The first-order valence-corrected chi connectivity index (χ1v) is 12.8. The number of amides is 2. The molecule has 0 spiro atoms. The fraction of sp³-hybridized carbons (Fsp3) is 0.481. The van der Waals surface area contributed by atoms with E-state index in [0.29, 0.717) is 11.1 Å². The summed E-state index contributed by atoms with van der Waals surface area (Å²) in [6.45, 7) is 11.4. The Balaban J connectivity index is 2.01. The number of benzene rings is 1. The second-order valence-electron chi connectivity index (χ2n) is 11.2. The average molecular weight is 566 g/mol. The number of carbonyl (C=O) groups excluding carboxylic acids is 2. The molecule has 2 aromatic heterocycles. The number of fused-ring (bicyclic) bond motifs is 1. The highest BCUT2D eigenvalue weighted by Gasteiger charge is 2.29. The van der Waals surface area contributed by atoms with Gasteiger partial charge in [0.05, 0.1) is 12.6 Å². The molecule has 1 N–H and O–H groups in total. The molecular weight excluding hydrogens is 532 g/mol. The number of alkyl halides is 1. The van der Waals surface area contributed by atoms with Crippen molar-refractivity contribution in [1.82, 2.24) is 19.9 Å². The Morgan fingerprint density at radius 1 is 1.13 bits per heavy atom. The molecule has 0 fully saturated rings. The first-order valence-electron chi connectivity index (χ1n) is 12.4. The van der Waals surface area contributed by atoms with Crippen molar-refractivity contribution in [1.29, 1.82) is 0 Å². The molecule has 3 aromatic rings. The number of alkyl carbamates (subject to hydrolysis) is 1. The van der Waals surface area contributed by atoms with Crippen LogP contribution in [0.4, 0.5) is 24.2 Å². The van der Waals surface area contributed by atoms with E-state index in [-0.39, 0.29) is 29.6 Å². The van der Waals surface area contributed by atoms with Crippen LogP contribution in [0.15, 0.2) is 36.5 Å². The number of anilines is 1. The van der Waals surface area contributed by atoms with E-state index in [1.807, 2.05) is 0 Å². The second-order valence-corrected chi connectivity index (χ2v) is 11.5. The molecule has 0 aliphatic rings. The zero-order chi connectivity index (χ0) is 29.1. The van der Waals surface area contributed by atoms with Gasteiger partial charge in [0.2, 0.25) is 5.28 Å². The number of halogens is 3. The zero-order valence-electron chi connectivity index (χ0n) is 23.1. The number of hydrogen-bond donors (Lipinski definition) is 1. The Kier molecular flexibility index (Phi) is 9.05. The summed E-state index contributed by atoms with van der Waals surface area (Å²) in [6.07, 6.45) is -1.25. The third-order valence-corrected chi connectivity index (χ3v) is 5.50. The fourth-order valence-electron chi connectivity index (χ4n) is 3.70. The van der Waals surface area contributed by atoms with Gasteiger partial charge in [-0.05, 0) is 84.2 Å². The Bertz CT molecular complexity index is 1330. The summed E-state index contributed by atoms with van der Waals surface area (Å²) in [5.41, 5.74) is -0.435. The summed E-state index contributed by atoms with van der Waals surface area (Å²) >= 11 is 6.21. The summed E-state index contributed by atoms with van der Waals surface area (Å²) in [5, 5.41) is 6.56.